The van der Waals surface area contributed by atoms with Gasteiger partial charge in [0.15, 0.2) is 5.60 Å². The first-order chi connectivity index (χ1) is 15.6. The van der Waals surface area contributed by atoms with Gasteiger partial charge in [0.05, 0.1) is 0 Å². The van der Waals surface area contributed by atoms with Crippen LogP contribution in [0.3, 0.4) is 0 Å². The van der Waals surface area contributed by atoms with Gasteiger partial charge in [-0.3, -0.25) is 4.79 Å². The summed E-state index contributed by atoms with van der Waals surface area (Å²) in [5.74, 6) is 0.0679. The zero-order valence-electron chi connectivity index (χ0n) is 18.3. The highest BCUT2D eigenvalue weighted by atomic mass is 19.4. The third-order valence-electron chi connectivity index (χ3n) is 6.81. The highest BCUT2D eigenvalue weighted by Crippen LogP contribution is 2.40. The summed E-state index contributed by atoms with van der Waals surface area (Å²) in [7, 11) is 0. The summed E-state index contributed by atoms with van der Waals surface area (Å²) in [5, 5.41) is 19.0. The average Bonchev–Trinajstić information content (AvgIpc) is 3.64. The van der Waals surface area contributed by atoms with Gasteiger partial charge in [-0.05, 0) is 75.3 Å². The van der Waals surface area contributed by atoms with Crippen LogP contribution in [0.15, 0.2) is 42.5 Å². The number of pyridine rings is 1. The Morgan fingerprint density at radius 1 is 1.03 bits per heavy atom. The highest BCUT2D eigenvalue weighted by molar-refractivity contribution is 5.95. The minimum absolute atomic E-state index is 0.0679. The van der Waals surface area contributed by atoms with Crippen molar-refractivity contribution < 1.29 is 23.1 Å². The molecule has 5 nitrogen and oxygen atoms in total. The lowest BCUT2D eigenvalue weighted by Gasteiger charge is -2.37. The number of carbonyl (C=O) groups excluding carboxylic acids is 1. The van der Waals surface area contributed by atoms with Gasteiger partial charge in [-0.25, -0.2) is 4.98 Å². The van der Waals surface area contributed by atoms with Gasteiger partial charge in [-0.2, -0.15) is 18.4 Å². The van der Waals surface area contributed by atoms with Crippen molar-refractivity contribution in [1.82, 2.24) is 9.88 Å². The van der Waals surface area contributed by atoms with Crippen LogP contribution in [0.4, 0.5) is 13.2 Å². The molecule has 0 spiro atoms. The number of hydrogen-bond acceptors (Lipinski definition) is 4. The van der Waals surface area contributed by atoms with E-state index in [0.29, 0.717) is 18.2 Å². The van der Waals surface area contributed by atoms with Crippen LogP contribution in [-0.4, -0.2) is 39.2 Å². The fraction of sp³-hybridized carbons (Fsp3) is 0.480. The van der Waals surface area contributed by atoms with Crippen LogP contribution in [0.1, 0.15) is 78.7 Å². The number of nitrogens with zero attached hydrogens (tertiary/aromatic N) is 3. The molecule has 0 unspecified atom stereocenters. The number of hydrogen-bond donors (Lipinski definition) is 1. The molecule has 4 rings (SSSR count). The first-order valence-electron chi connectivity index (χ1n) is 11.2. The third kappa shape index (κ3) is 4.74. The van der Waals surface area contributed by atoms with Crippen LogP contribution in [0.2, 0.25) is 0 Å². The lowest BCUT2D eigenvalue weighted by molar-refractivity contribution is -0.258. The van der Waals surface area contributed by atoms with Crippen molar-refractivity contribution in [2.24, 2.45) is 0 Å². The van der Waals surface area contributed by atoms with E-state index >= 15 is 0 Å². The molecule has 1 aromatic heterocycles. The summed E-state index contributed by atoms with van der Waals surface area (Å²) >= 11 is 0. The van der Waals surface area contributed by atoms with Gasteiger partial charge in [0.1, 0.15) is 11.8 Å². The number of amides is 1. The minimum Gasteiger partial charge on any atom is -0.376 e. The topological polar surface area (TPSA) is 77.2 Å². The Hall–Kier alpha value is -2.92. The van der Waals surface area contributed by atoms with Crippen molar-refractivity contribution >= 4 is 5.91 Å². The average molecular weight is 457 g/mol. The van der Waals surface area contributed by atoms with Gasteiger partial charge in [0, 0.05) is 29.3 Å². The van der Waals surface area contributed by atoms with E-state index in [2.05, 4.69) is 11.1 Å². The van der Waals surface area contributed by atoms with E-state index in [9.17, 15) is 23.1 Å². The smallest absolute Gasteiger partial charge is 0.376 e. The molecule has 1 N–H and O–H groups in total. The van der Waals surface area contributed by atoms with Crippen LogP contribution in [0.25, 0.3) is 0 Å². The maximum absolute atomic E-state index is 13.3. The minimum atomic E-state index is -4.81. The van der Waals surface area contributed by atoms with Crippen molar-refractivity contribution in [2.75, 3.05) is 0 Å². The van der Waals surface area contributed by atoms with Crippen molar-refractivity contribution in [3.8, 4) is 6.07 Å². The fourth-order valence-corrected chi connectivity index (χ4v) is 4.62. The molecule has 2 aromatic rings. The molecule has 1 atom stereocenters. The van der Waals surface area contributed by atoms with Gasteiger partial charge in [0.25, 0.3) is 5.91 Å². The Bertz CT molecular complexity index is 1050. The molecule has 0 bridgehead atoms. The summed E-state index contributed by atoms with van der Waals surface area (Å²) < 4.78 is 39.3. The first-order valence-corrected chi connectivity index (χ1v) is 11.2. The molecular weight excluding hydrogens is 431 g/mol. The second-order valence-corrected chi connectivity index (χ2v) is 9.16. The van der Waals surface area contributed by atoms with E-state index < -0.39 is 11.8 Å². The molecule has 0 aliphatic heterocycles. The molecule has 1 heterocycles. The van der Waals surface area contributed by atoms with Crippen molar-refractivity contribution in [3.63, 3.8) is 0 Å². The van der Waals surface area contributed by atoms with Crippen LogP contribution in [0.5, 0.6) is 0 Å². The molecular formula is C25H26F3N3O2. The summed E-state index contributed by atoms with van der Waals surface area (Å²) in [5.41, 5.74) is -1.63. The summed E-state index contributed by atoms with van der Waals surface area (Å²) in [6.45, 7) is 0.708. The predicted molar refractivity (Wildman–Crippen MR) is 115 cm³/mol. The normalized spacial score (nSPS) is 22.8. The van der Waals surface area contributed by atoms with E-state index in [1.165, 1.54) is 24.3 Å². The number of rotatable bonds is 5. The van der Waals surface area contributed by atoms with Crippen LogP contribution >= 0.6 is 0 Å². The number of alkyl halides is 3. The summed E-state index contributed by atoms with van der Waals surface area (Å²) in [6, 6.07) is 12.9. The van der Waals surface area contributed by atoms with Crippen LogP contribution in [-0.2, 0) is 5.60 Å². The van der Waals surface area contributed by atoms with Gasteiger partial charge < -0.3 is 10.0 Å². The predicted octanol–water partition coefficient (Wildman–Crippen LogP) is 5.05. The quantitative estimate of drug-likeness (QED) is 0.681. The number of benzene rings is 1. The summed E-state index contributed by atoms with van der Waals surface area (Å²) in [4.78, 5) is 19.6. The fourth-order valence-electron chi connectivity index (χ4n) is 4.62. The van der Waals surface area contributed by atoms with Crippen LogP contribution in [0, 0.1) is 11.3 Å². The Kier molecular flexibility index (Phi) is 6.19. The first kappa shape index (κ1) is 23.2. The van der Waals surface area contributed by atoms with Gasteiger partial charge in [-0.1, -0.05) is 18.2 Å². The Labute approximate surface area is 190 Å². The number of carbonyl (C=O) groups is 1. The number of nitriles is 1. The molecule has 174 valence electrons. The molecule has 2 aliphatic rings. The lowest BCUT2D eigenvalue weighted by Crippen LogP contribution is -2.44. The zero-order valence-corrected chi connectivity index (χ0v) is 18.3. The van der Waals surface area contributed by atoms with Gasteiger partial charge in [0.2, 0.25) is 0 Å². The SMILES string of the molecule is C[C@](O)(c1ccc(C(=O)N(C2CC2)[C@H]2CC[C@H](c3cccc(C#N)n3)CC2)cc1)C(F)(F)F. The van der Waals surface area contributed by atoms with E-state index in [1.54, 1.807) is 6.07 Å². The second-order valence-electron chi connectivity index (χ2n) is 9.16. The Morgan fingerprint density at radius 2 is 1.61 bits per heavy atom. The van der Waals surface area contributed by atoms with Crippen molar-refractivity contribution in [3.05, 3.63) is 65.0 Å². The largest absolute Gasteiger partial charge is 0.421 e. The van der Waals surface area contributed by atoms with Crippen molar-refractivity contribution in [1.29, 1.82) is 5.26 Å². The molecule has 1 aromatic carbocycles. The Morgan fingerprint density at radius 3 is 2.12 bits per heavy atom. The van der Waals surface area contributed by atoms with Crippen LogP contribution < -0.4 is 0 Å². The maximum atomic E-state index is 13.3. The van der Waals surface area contributed by atoms with Crippen molar-refractivity contribution in [2.45, 2.75) is 75.2 Å². The lowest BCUT2D eigenvalue weighted by atomic mass is 9.83. The molecule has 0 saturated heterocycles. The number of aromatic nitrogens is 1. The highest BCUT2D eigenvalue weighted by Gasteiger charge is 2.51. The van der Waals surface area contributed by atoms with Gasteiger partial charge >= 0.3 is 6.18 Å². The number of halogens is 3. The van der Waals surface area contributed by atoms with E-state index in [0.717, 1.165) is 44.2 Å². The second kappa shape index (κ2) is 8.79. The van der Waals surface area contributed by atoms with Gasteiger partial charge in [-0.15, -0.1) is 0 Å². The molecule has 8 heteroatoms. The van der Waals surface area contributed by atoms with E-state index in [-0.39, 0.29) is 29.5 Å². The Balaban J connectivity index is 1.46. The standard InChI is InChI=1S/C25H26F3N3O2/c1-24(33,25(26,27)28)18-9-5-17(6-10-18)23(32)31(21-13-14-21)20-11-7-16(8-12-20)22-4-2-3-19(15-29)30-22/h2-6,9-10,16,20-21,33H,7-8,11-14H2,1H3/t16-,20-,24-/m0/s1. The maximum Gasteiger partial charge on any atom is 0.421 e. The number of aliphatic hydroxyl groups is 1. The summed E-state index contributed by atoms with van der Waals surface area (Å²) in [6.07, 6.45) is 0.390. The third-order valence-corrected chi connectivity index (χ3v) is 6.81. The molecule has 2 aliphatic carbocycles. The molecule has 2 fully saturated rings. The molecule has 0 radical (unpaired) electrons. The monoisotopic (exact) mass is 457 g/mol. The van der Waals surface area contributed by atoms with E-state index in [1.807, 2.05) is 17.0 Å². The molecule has 1 amide bonds. The zero-order chi connectivity index (χ0) is 23.8. The molecule has 33 heavy (non-hydrogen) atoms. The van der Waals surface area contributed by atoms with E-state index in [4.69, 9.17) is 5.26 Å². The molecule has 2 saturated carbocycles.